The molecule has 5 aliphatic rings. The minimum absolute atomic E-state index is 0.0108. The van der Waals surface area contributed by atoms with Crippen LogP contribution in [0.15, 0.2) is 154 Å². The SMILES string of the molecule is CC(C)(C)c1cc(N2c3cc4c(cc3B3c5oc6cc7c(cc6c5N(c5ccc6c(c5)C(C)(C)CCC6(C)C)c5cc(N(c6ccccc6)c6ccc8c(c6)oc6ccccc68)cc2c53)C(C)(C)CCC7(C)C)C(C)(C)CCC4(C)C)cc(C(C)(C)C)c1. The maximum absolute atomic E-state index is 7.97. The van der Waals surface area contributed by atoms with Crippen molar-refractivity contribution in [3.05, 3.63) is 190 Å². The topological polar surface area (TPSA) is 36.0 Å². The van der Waals surface area contributed by atoms with E-state index >= 15 is 0 Å². The van der Waals surface area contributed by atoms with Gasteiger partial charge in [0.15, 0.2) is 0 Å². The van der Waals surface area contributed by atoms with E-state index in [1.54, 1.807) is 0 Å². The molecule has 3 aliphatic carbocycles. The van der Waals surface area contributed by atoms with Crippen LogP contribution in [0.1, 0.15) is 208 Å². The summed E-state index contributed by atoms with van der Waals surface area (Å²) >= 11 is 0. The minimum Gasteiger partial charge on any atom is -0.468 e. The van der Waals surface area contributed by atoms with Gasteiger partial charge in [-0.1, -0.05) is 179 Å². The number of fused-ring (bicyclic) bond motifs is 12. The van der Waals surface area contributed by atoms with Gasteiger partial charge in [-0.25, -0.2) is 0 Å². The lowest BCUT2D eigenvalue weighted by molar-refractivity contribution is 0.332. The van der Waals surface area contributed by atoms with E-state index in [4.69, 9.17) is 8.83 Å². The van der Waals surface area contributed by atoms with Gasteiger partial charge in [0.2, 0.25) is 0 Å². The van der Waals surface area contributed by atoms with Crippen molar-refractivity contribution in [2.45, 2.75) is 206 Å². The van der Waals surface area contributed by atoms with Gasteiger partial charge in [-0.05, 0) is 222 Å². The summed E-state index contributed by atoms with van der Waals surface area (Å²) in [4.78, 5) is 7.87. The fourth-order valence-corrected chi connectivity index (χ4v) is 16.5. The fraction of sp³-hybridized carbons (Fsp3) is 0.390. The van der Waals surface area contributed by atoms with Gasteiger partial charge in [0, 0.05) is 62.0 Å². The monoisotopic (exact) mass is 1160 g/mol. The zero-order valence-electron chi connectivity index (χ0n) is 55.8. The maximum Gasteiger partial charge on any atom is 0.297 e. The molecule has 0 N–H and O–H groups in total. The molecule has 0 unspecified atom stereocenters. The molecule has 5 nitrogen and oxygen atoms in total. The van der Waals surface area contributed by atoms with Crippen molar-refractivity contribution in [2.24, 2.45) is 0 Å². The third kappa shape index (κ3) is 8.59. The van der Waals surface area contributed by atoms with E-state index in [1.165, 1.54) is 77.9 Å². The summed E-state index contributed by atoms with van der Waals surface area (Å²) in [5.41, 5.74) is 27.4. The van der Waals surface area contributed by atoms with E-state index in [1.807, 2.05) is 0 Å². The molecule has 0 amide bonds. The van der Waals surface area contributed by atoms with E-state index in [2.05, 4.69) is 285 Å². The van der Waals surface area contributed by atoms with Crippen LogP contribution in [0.2, 0.25) is 0 Å². The Kier molecular flexibility index (Phi) is 12.0. The number of furan rings is 2. The number of benzene rings is 8. The number of rotatable bonds is 5. The average molecular weight is 1160 g/mol. The number of para-hydroxylation sites is 2. The van der Waals surface area contributed by atoms with E-state index in [0.717, 1.165) is 106 Å². The zero-order valence-corrected chi connectivity index (χ0v) is 55.8. The summed E-state index contributed by atoms with van der Waals surface area (Å²) in [7, 11) is 0. The van der Waals surface area contributed by atoms with Crippen molar-refractivity contribution in [1.29, 1.82) is 0 Å². The summed E-state index contributed by atoms with van der Waals surface area (Å²) < 4.78 is 14.7. The lowest BCUT2D eigenvalue weighted by Crippen LogP contribution is -2.61. The van der Waals surface area contributed by atoms with Gasteiger partial charge >= 0.3 is 0 Å². The second-order valence-electron chi connectivity index (χ2n) is 33.4. The van der Waals surface area contributed by atoms with Crippen molar-refractivity contribution in [1.82, 2.24) is 0 Å². The Hall–Kier alpha value is -7.44. The van der Waals surface area contributed by atoms with Crippen molar-refractivity contribution >= 4 is 107 Å². The van der Waals surface area contributed by atoms with Crippen molar-refractivity contribution < 1.29 is 8.83 Å². The van der Waals surface area contributed by atoms with Gasteiger partial charge in [-0.3, -0.25) is 0 Å². The predicted octanol–water partition coefficient (Wildman–Crippen LogP) is 21.5. The molecule has 0 atom stereocenters. The molecule has 10 aromatic rings. The standard InChI is InChI=1S/C82H90BN3O2/c1-75(2,3)49-38-50(76(4,5)6)40-54(39-49)85-66-47-63-62(80(13,14)35-36-81(63,15)16)46-65(66)83-72-67(85)42-55(84(51-24-20-19-21-25-51)53-28-30-57-56-26-22-23-27-69(56)87-70(57)44-53)43-68(72)86(52-29-31-59-60(41-52)78(9,10)33-32-77(59,7)8)73-58-45-61-64(48-71(58)88-74(73)83)82(17,18)37-34-79(61,11)12/h19-31,38-48H,32-37H2,1-18H3. The molecular formula is C82H90BN3O2. The third-order valence-corrected chi connectivity index (χ3v) is 22.5. The first-order valence-corrected chi connectivity index (χ1v) is 33.0. The number of nitrogens with zero attached hydrogens (tertiary/aromatic N) is 3. The minimum atomic E-state index is -0.244. The summed E-state index contributed by atoms with van der Waals surface area (Å²) in [5.74, 6) is 0. The quantitative estimate of drug-likeness (QED) is 0.161. The molecule has 2 aromatic heterocycles. The van der Waals surface area contributed by atoms with Crippen LogP contribution in [0.4, 0.5) is 51.2 Å². The Bertz CT molecular complexity index is 4530. The first-order chi connectivity index (χ1) is 41.3. The van der Waals surface area contributed by atoms with Crippen LogP contribution in [0.5, 0.6) is 0 Å². The highest BCUT2D eigenvalue weighted by molar-refractivity contribution is 7.00. The first kappa shape index (κ1) is 57.0. The molecule has 6 heteroatoms. The molecule has 448 valence electrons. The second-order valence-corrected chi connectivity index (χ2v) is 33.4. The number of hydrogen-bond acceptors (Lipinski definition) is 5. The lowest BCUT2D eigenvalue weighted by Gasteiger charge is -2.47. The molecular weight excluding hydrogens is 1070 g/mol. The number of hydrogen-bond donors (Lipinski definition) is 0. The van der Waals surface area contributed by atoms with Crippen LogP contribution in [0.25, 0.3) is 32.9 Å². The van der Waals surface area contributed by atoms with Gasteiger partial charge in [-0.2, -0.15) is 0 Å². The fourth-order valence-electron chi connectivity index (χ4n) is 16.5. The van der Waals surface area contributed by atoms with E-state index in [-0.39, 0.29) is 50.0 Å². The lowest BCUT2D eigenvalue weighted by atomic mass is 9.35. The maximum atomic E-state index is 7.97. The smallest absolute Gasteiger partial charge is 0.297 e. The van der Waals surface area contributed by atoms with Crippen molar-refractivity contribution in [3.8, 4) is 0 Å². The summed E-state index contributed by atoms with van der Waals surface area (Å²) in [6, 6.07) is 56.8. The Morgan fingerprint density at radius 2 is 0.886 bits per heavy atom. The van der Waals surface area contributed by atoms with Crippen LogP contribution < -0.4 is 31.3 Å². The van der Waals surface area contributed by atoms with Crippen molar-refractivity contribution in [2.75, 3.05) is 14.7 Å². The zero-order chi connectivity index (χ0) is 61.9. The molecule has 0 radical (unpaired) electrons. The van der Waals surface area contributed by atoms with Crippen LogP contribution in [0.3, 0.4) is 0 Å². The number of anilines is 9. The molecule has 2 aliphatic heterocycles. The molecule has 0 saturated heterocycles. The predicted molar refractivity (Wildman–Crippen MR) is 375 cm³/mol. The summed E-state index contributed by atoms with van der Waals surface area (Å²) in [6.07, 6.45) is 6.76. The van der Waals surface area contributed by atoms with Gasteiger partial charge in [0.1, 0.15) is 16.7 Å². The Balaban J connectivity index is 1.13. The van der Waals surface area contributed by atoms with Gasteiger partial charge in [0.05, 0.1) is 17.0 Å². The first-order valence-electron chi connectivity index (χ1n) is 33.0. The molecule has 88 heavy (non-hydrogen) atoms. The van der Waals surface area contributed by atoms with E-state index in [9.17, 15) is 0 Å². The average Bonchev–Trinajstić information content (AvgIpc) is 1.35. The van der Waals surface area contributed by atoms with Crippen LogP contribution >= 0.6 is 0 Å². The molecule has 0 spiro atoms. The third-order valence-electron chi connectivity index (χ3n) is 22.5. The molecule has 15 rings (SSSR count). The Morgan fingerprint density at radius 3 is 1.50 bits per heavy atom. The van der Waals surface area contributed by atoms with Gasteiger partial charge < -0.3 is 23.5 Å². The summed E-state index contributed by atoms with van der Waals surface area (Å²) in [5, 5.41) is 3.42. The molecule has 0 bridgehead atoms. The molecule has 0 saturated carbocycles. The Morgan fingerprint density at radius 1 is 0.375 bits per heavy atom. The van der Waals surface area contributed by atoms with Crippen LogP contribution in [-0.4, -0.2) is 6.71 Å². The normalized spacial score (nSPS) is 19.0. The van der Waals surface area contributed by atoms with E-state index in [0.29, 0.717) is 0 Å². The molecule has 8 aromatic carbocycles. The highest BCUT2D eigenvalue weighted by atomic mass is 16.3. The van der Waals surface area contributed by atoms with E-state index < -0.39 is 0 Å². The van der Waals surface area contributed by atoms with Gasteiger partial charge in [-0.15, -0.1) is 0 Å². The highest BCUT2D eigenvalue weighted by Crippen LogP contribution is 2.57. The highest BCUT2D eigenvalue weighted by Gasteiger charge is 2.51. The van der Waals surface area contributed by atoms with Gasteiger partial charge in [0.25, 0.3) is 6.71 Å². The second kappa shape index (κ2) is 18.6. The molecule has 4 heterocycles. The summed E-state index contributed by atoms with van der Waals surface area (Å²) in [6.45, 7) is 43.7. The van der Waals surface area contributed by atoms with Crippen LogP contribution in [-0.2, 0) is 43.3 Å². The Labute approximate surface area is 524 Å². The molecule has 0 fully saturated rings. The largest absolute Gasteiger partial charge is 0.468 e. The van der Waals surface area contributed by atoms with Crippen LogP contribution in [0, 0.1) is 0 Å². The van der Waals surface area contributed by atoms with Crippen molar-refractivity contribution in [3.63, 3.8) is 0 Å².